The normalized spacial score (nSPS) is 14.5. The molecule has 1 fully saturated rings. The van der Waals surface area contributed by atoms with Crippen molar-refractivity contribution >= 4 is 52.2 Å². The van der Waals surface area contributed by atoms with Gasteiger partial charge in [0.05, 0.1) is 11.4 Å². The van der Waals surface area contributed by atoms with Crippen molar-refractivity contribution in [1.29, 1.82) is 0 Å². The summed E-state index contributed by atoms with van der Waals surface area (Å²) in [4.78, 5) is 39.1. The molecule has 0 unspecified atom stereocenters. The van der Waals surface area contributed by atoms with Crippen molar-refractivity contribution in [3.63, 3.8) is 0 Å². The molecular weight excluding hydrogens is 484 g/mol. The molecule has 3 aromatic rings. The Hall–Kier alpha value is -3.55. The summed E-state index contributed by atoms with van der Waals surface area (Å²) in [7, 11) is 0. The minimum absolute atomic E-state index is 0.154. The molecule has 1 aliphatic heterocycles. The van der Waals surface area contributed by atoms with E-state index in [0.29, 0.717) is 21.2 Å². The third kappa shape index (κ3) is 6.32. The number of halogens is 1. The summed E-state index contributed by atoms with van der Waals surface area (Å²) in [6, 6.07) is 19.9. The number of anilines is 1. The molecule has 1 saturated heterocycles. The highest BCUT2D eigenvalue weighted by atomic mass is 35.5. The number of nitrogens with one attached hydrogen (secondary N) is 1. The van der Waals surface area contributed by atoms with E-state index in [2.05, 4.69) is 5.32 Å². The lowest BCUT2D eigenvalue weighted by molar-refractivity contribution is -0.123. The van der Waals surface area contributed by atoms with Crippen molar-refractivity contribution in [2.24, 2.45) is 0 Å². The number of hydrogen-bond donors (Lipinski definition) is 1. The van der Waals surface area contributed by atoms with Crippen molar-refractivity contribution in [2.45, 2.75) is 20.4 Å². The smallest absolute Gasteiger partial charge is 0.293 e. The van der Waals surface area contributed by atoms with Gasteiger partial charge in [-0.15, -0.1) is 0 Å². The molecule has 8 heteroatoms. The summed E-state index contributed by atoms with van der Waals surface area (Å²) in [5, 5.41) is 3.05. The van der Waals surface area contributed by atoms with Gasteiger partial charge in [-0.25, -0.2) is 0 Å². The van der Waals surface area contributed by atoms with E-state index in [1.54, 1.807) is 48.5 Å². The minimum Gasteiger partial charge on any atom is -0.484 e. The van der Waals surface area contributed by atoms with Crippen LogP contribution in [0.5, 0.6) is 5.75 Å². The molecule has 0 bridgehead atoms. The molecule has 0 spiro atoms. The Morgan fingerprint density at radius 3 is 2.63 bits per heavy atom. The molecule has 1 N–H and O–H groups in total. The number of carbonyl (C=O) groups is 3. The summed E-state index contributed by atoms with van der Waals surface area (Å²) in [6.45, 7) is 3.92. The summed E-state index contributed by atoms with van der Waals surface area (Å²) < 4.78 is 5.65. The van der Waals surface area contributed by atoms with E-state index in [0.717, 1.165) is 34.1 Å². The van der Waals surface area contributed by atoms with Gasteiger partial charge in [-0.1, -0.05) is 53.6 Å². The van der Waals surface area contributed by atoms with E-state index >= 15 is 0 Å². The quantitative estimate of drug-likeness (QED) is 0.385. The number of imide groups is 1. The average Bonchev–Trinajstić information content (AvgIpc) is 3.07. The van der Waals surface area contributed by atoms with E-state index in [1.807, 2.05) is 38.1 Å². The van der Waals surface area contributed by atoms with Gasteiger partial charge >= 0.3 is 0 Å². The van der Waals surface area contributed by atoms with E-state index in [1.165, 1.54) is 4.90 Å². The lowest BCUT2D eigenvalue weighted by Gasteiger charge is -2.12. The number of aryl methyl sites for hydroxylation is 2. The highest BCUT2D eigenvalue weighted by Crippen LogP contribution is 2.34. The van der Waals surface area contributed by atoms with Gasteiger partial charge in [-0.3, -0.25) is 19.3 Å². The molecular formula is C27H23ClN2O4S. The predicted octanol–water partition coefficient (Wildman–Crippen LogP) is 6.21. The van der Waals surface area contributed by atoms with E-state index in [4.69, 9.17) is 16.3 Å². The third-order valence-electron chi connectivity index (χ3n) is 5.29. The molecule has 0 aromatic heterocycles. The maximum atomic E-state index is 12.8. The van der Waals surface area contributed by atoms with Crippen molar-refractivity contribution < 1.29 is 19.1 Å². The Balaban J connectivity index is 1.39. The molecule has 1 heterocycles. The first-order chi connectivity index (χ1) is 16.8. The van der Waals surface area contributed by atoms with Crippen molar-refractivity contribution in [3.8, 4) is 5.75 Å². The number of thioether (sulfide) groups is 1. The molecule has 3 amide bonds. The lowest BCUT2D eigenvalue weighted by Crippen LogP contribution is -2.27. The van der Waals surface area contributed by atoms with Crippen LogP contribution in [0.1, 0.15) is 22.3 Å². The number of hydrogen-bond acceptors (Lipinski definition) is 5. The van der Waals surface area contributed by atoms with Crippen LogP contribution in [0.4, 0.5) is 10.5 Å². The van der Waals surface area contributed by atoms with Crippen LogP contribution in [0.15, 0.2) is 71.6 Å². The molecule has 0 atom stereocenters. The molecule has 3 aromatic carbocycles. The second kappa shape index (κ2) is 10.8. The molecule has 0 saturated carbocycles. The first-order valence-electron chi connectivity index (χ1n) is 10.9. The molecule has 6 nitrogen and oxygen atoms in total. The second-order valence-corrected chi connectivity index (χ2v) is 9.56. The van der Waals surface area contributed by atoms with E-state index in [-0.39, 0.29) is 30.2 Å². The third-order valence-corrected chi connectivity index (χ3v) is 6.43. The molecule has 0 radical (unpaired) electrons. The molecule has 0 aliphatic carbocycles. The first-order valence-corrected chi connectivity index (χ1v) is 12.1. The standard InChI is InChI=1S/C27H23ClN2O4S/c1-17-9-10-23(18(2)11-17)29-25(31)16-34-22-8-4-5-19(13-22)14-24-26(32)30(27(33)35-24)15-20-6-3-7-21(28)12-20/h3-14H,15-16H2,1-2H3,(H,29,31)/b24-14-. The number of nitrogens with zero attached hydrogens (tertiary/aromatic N) is 1. The minimum atomic E-state index is -0.362. The largest absolute Gasteiger partial charge is 0.484 e. The summed E-state index contributed by atoms with van der Waals surface area (Å²) in [5.74, 6) is -0.156. The van der Waals surface area contributed by atoms with Crippen LogP contribution in [0, 0.1) is 13.8 Å². The maximum absolute atomic E-state index is 12.8. The zero-order valence-corrected chi connectivity index (χ0v) is 20.8. The van der Waals surface area contributed by atoms with Gasteiger partial charge in [0, 0.05) is 10.7 Å². The Bertz CT molecular complexity index is 1340. The summed E-state index contributed by atoms with van der Waals surface area (Å²) in [5.41, 5.74) is 4.30. The van der Waals surface area contributed by atoms with Crippen LogP contribution in [0.3, 0.4) is 0 Å². The zero-order valence-electron chi connectivity index (χ0n) is 19.2. The molecule has 178 valence electrons. The van der Waals surface area contributed by atoms with Crippen molar-refractivity contribution in [1.82, 2.24) is 4.90 Å². The van der Waals surface area contributed by atoms with Gasteiger partial charge in [0.15, 0.2) is 6.61 Å². The number of ether oxygens (including phenoxy) is 1. The van der Waals surface area contributed by atoms with Crippen LogP contribution in [-0.2, 0) is 16.1 Å². The van der Waals surface area contributed by atoms with Crippen LogP contribution in [0.25, 0.3) is 6.08 Å². The fourth-order valence-electron chi connectivity index (χ4n) is 3.59. The van der Waals surface area contributed by atoms with Gasteiger partial charge in [0.25, 0.3) is 17.1 Å². The number of benzene rings is 3. The van der Waals surface area contributed by atoms with Crippen LogP contribution >= 0.6 is 23.4 Å². The molecule has 4 rings (SSSR count). The predicted molar refractivity (Wildman–Crippen MR) is 139 cm³/mol. The Kier molecular flexibility index (Phi) is 7.58. The Morgan fingerprint density at radius 2 is 1.86 bits per heavy atom. The topological polar surface area (TPSA) is 75.7 Å². The van der Waals surface area contributed by atoms with Gasteiger partial charge in [0.1, 0.15) is 5.75 Å². The van der Waals surface area contributed by atoms with E-state index in [9.17, 15) is 14.4 Å². The monoisotopic (exact) mass is 506 g/mol. The number of amides is 3. The molecule has 1 aliphatic rings. The summed E-state index contributed by atoms with van der Waals surface area (Å²) in [6.07, 6.45) is 1.64. The SMILES string of the molecule is Cc1ccc(NC(=O)COc2cccc(/C=C3\SC(=O)N(Cc4cccc(Cl)c4)C3=O)c2)c(C)c1. The average molecular weight is 507 g/mol. The fourth-order valence-corrected chi connectivity index (χ4v) is 4.64. The highest BCUT2D eigenvalue weighted by molar-refractivity contribution is 8.18. The highest BCUT2D eigenvalue weighted by Gasteiger charge is 2.35. The van der Waals surface area contributed by atoms with E-state index < -0.39 is 0 Å². The summed E-state index contributed by atoms with van der Waals surface area (Å²) >= 11 is 6.90. The van der Waals surface area contributed by atoms with Crippen LogP contribution in [0.2, 0.25) is 5.02 Å². The number of rotatable bonds is 7. The van der Waals surface area contributed by atoms with Crippen molar-refractivity contribution in [3.05, 3.63) is 98.9 Å². The first kappa shape index (κ1) is 24.6. The number of carbonyl (C=O) groups excluding carboxylic acids is 3. The maximum Gasteiger partial charge on any atom is 0.293 e. The van der Waals surface area contributed by atoms with Crippen LogP contribution < -0.4 is 10.1 Å². The van der Waals surface area contributed by atoms with Gasteiger partial charge < -0.3 is 10.1 Å². The second-order valence-electron chi connectivity index (χ2n) is 8.13. The van der Waals surface area contributed by atoms with Crippen molar-refractivity contribution in [2.75, 3.05) is 11.9 Å². The Morgan fingerprint density at radius 1 is 1.06 bits per heavy atom. The van der Waals surface area contributed by atoms with Crippen LogP contribution in [-0.4, -0.2) is 28.6 Å². The zero-order chi connectivity index (χ0) is 24.9. The van der Waals surface area contributed by atoms with Gasteiger partial charge in [-0.05, 0) is 78.7 Å². The van der Waals surface area contributed by atoms with Gasteiger partial charge in [-0.2, -0.15) is 0 Å². The lowest BCUT2D eigenvalue weighted by atomic mass is 10.1. The van der Waals surface area contributed by atoms with Gasteiger partial charge in [0.2, 0.25) is 0 Å². The Labute approximate surface area is 212 Å². The molecule has 35 heavy (non-hydrogen) atoms. The fraction of sp³-hybridized carbons (Fsp3) is 0.148.